The average Bonchev–Trinajstić information content (AvgIpc) is 2.97. The Hall–Kier alpha value is -2.63. The summed E-state index contributed by atoms with van der Waals surface area (Å²) in [6.07, 6.45) is 3.21. The number of cyclic esters (lactones) is 1. The van der Waals surface area contributed by atoms with Crippen LogP contribution in [0.3, 0.4) is 0 Å². The van der Waals surface area contributed by atoms with E-state index in [4.69, 9.17) is 4.74 Å². The van der Waals surface area contributed by atoms with Crippen LogP contribution in [0.5, 0.6) is 0 Å². The molecule has 0 fully saturated rings. The number of aromatic nitrogens is 2. The van der Waals surface area contributed by atoms with E-state index in [0.717, 1.165) is 11.1 Å². The van der Waals surface area contributed by atoms with Crippen LogP contribution in [0.1, 0.15) is 48.3 Å². The van der Waals surface area contributed by atoms with Crippen molar-refractivity contribution in [3.05, 3.63) is 53.3 Å². The van der Waals surface area contributed by atoms with Gasteiger partial charge in [-0.05, 0) is 17.0 Å². The van der Waals surface area contributed by atoms with Crippen molar-refractivity contribution in [2.75, 3.05) is 0 Å². The van der Waals surface area contributed by atoms with Gasteiger partial charge in [0.15, 0.2) is 6.10 Å². The number of benzene rings is 1. The van der Waals surface area contributed by atoms with Gasteiger partial charge in [0.05, 0.1) is 17.8 Å². The Balaban J connectivity index is 1.80. The minimum absolute atomic E-state index is 0.213. The van der Waals surface area contributed by atoms with Gasteiger partial charge in [0.25, 0.3) is 5.91 Å². The molecule has 1 aliphatic heterocycles. The normalized spacial score (nSPS) is 18.2. The monoisotopic (exact) mass is 341 g/mol. The third-order valence-electron chi connectivity index (χ3n) is 4.40. The number of carbonyl (C=O) groups excluding carboxylic acids is 2. The highest BCUT2D eigenvalue weighted by molar-refractivity contribution is 5.95. The largest absolute Gasteiger partial charge is 0.448 e. The smallest absolute Gasteiger partial charge is 0.339 e. The van der Waals surface area contributed by atoms with Gasteiger partial charge in [-0.25, -0.2) is 4.79 Å². The number of rotatable bonds is 3. The molecule has 1 aliphatic rings. The summed E-state index contributed by atoms with van der Waals surface area (Å²) in [6.45, 7) is 6.15. The summed E-state index contributed by atoms with van der Waals surface area (Å²) in [6, 6.07) is 7.00. The molecule has 0 unspecified atom stereocenters. The van der Waals surface area contributed by atoms with E-state index in [1.165, 1.54) is 0 Å². The molecule has 0 radical (unpaired) electrons. The fraction of sp³-hybridized carbons (Fsp3) is 0.421. The van der Waals surface area contributed by atoms with Gasteiger partial charge in [-0.2, -0.15) is 5.10 Å². The van der Waals surface area contributed by atoms with Crippen LogP contribution in [0.2, 0.25) is 0 Å². The molecule has 2 heterocycles. The zero-order chi connectivity index (χ0) is 18.2. The van der Waals surface area contributed by atoms with Crippen LogP contribution in [0.25, 0.3) is 0 Å². The van der Waals surface area contributed by atoms with Gasteiger partial charge in [0, 0.05) is 25.2 Å². The molecule has 0 saturated carbocycles. The number of esters is 1. The minimum atomic E-state index is -0.816. The van der Waals surface area contributed by atoms with Gasteiger partial charge in [0.2, 0.25) is 0 Å². The maximum absolute atomic E-state index is 12.8. The number of fused-ring (bicyclic) bond motifs is 1. The highest BCUT2D eigenvalue weighted by atomic mass is 16.5. The average molecular weight is 341 g/mol. The van der Waals surface area contributed by atoms with E-state index < -0.39 is 12.1 Å². The van der Waals surface area contributed by atoms with Crippen molar-refractivity contribution in [3.8, 4) is 0 Å². The lowest BCUT2D eigenvalue weighted by Gasteiger charge is -2.33. The third kappa shape index (κ3) is 3.57. The van der Waals surface area contributed by atoms with E-state index in [-0.39, 0.29) is 17.4 Å². The fourth-order valence-electron chi connectivity index (χ4n) is 3.10. The molecule has 1 amide bonds. The Morgan fingerprint density at radius 1 is 1.36 bits per heavy atom. The predicted molar refractivity (Wildman–Crippen MR) is 92.9 cm³/mol. The molecule has 2 atom stereocenters. The molecule has 6 heteroatoms. The molecule has 0 spiro atoms. The first-order valence-corrected chi connectivity index (χ1v) is 8.33. The first-order chi connectivity index (χ1) is 11.8. The Morgan fingerprint density at radius 2 is 2.08 bits per heavy atom. The first-order valence-electron chi connectivity index (χ1n) is 8.33. The van der Waals surface area contributed by atoms with Crippen LogP contribution in [0.15, 0.2) is 36.7 Å². The molecule has 2 aromatic rings. The van der Waals surface area contributed by atoms with Crippen LogP contribution < -0.4 is 5.32 Å². The molecule has 25 heavy (non-hydrogen) atoms. The maximum atomic E-state index is 12.8. The second kappa shape index (κ2) is 6.35. The lowest BCUT2D eigenvalue weighted by atomic mass is 9.83. The summed E-state index contributed by atoms with van der Waals surface area (Å²) < 4.78 is 7.06. The number of ether oxygens (including phenoxy) is 1. The summed E-state index contributed by atoms with van der Waals surface area (Å²) in [7, 11) is 1.84. The van der Waals surface area contributed by atoms with E-state index >= 15 is 0 Å². The zero-order valence-electron chi connectivity index (χ0n) is 14.9. The van der Waals surface area contributed by atoms with Gasteiger partial charge in [-0.3, -0.25) is 9.48 Å². The number of nitrogens with one attached hydrogen (secondary N) is 1. The Bertz CT molecular complexity index is 804. The zero-order valence-corrected chi connectivity index (χ0v) is 14.9. The topological polar surface area (TPSA) is 73.2 Å². The van der Waals surface area contributed by atoms with Crippen LogP contribution >= 0.6 is 0 Å². The van der Waals surface area contributed by atoms with Gasteiger partial charge >= 0.3 is 5.97 Å². The highest BCUT2D eigenvalue weighted by Crippen LogP contribution is 2.33. The summed E-state index contributed by atoms with van der Waals surface area (Å²) in [5.74, 6) is -0.734. The van der Waals surface area contributed by atoms with Gasteiger partial charge < -0.3 is 10.1 Å². The van der Waals surface area contributed by atoms with Crippen LogP contribution in [-0.2, 0) is 23.0 Å². The Labute approximate surface area is 147 Å². The van der Waals surface area contributed by atoms with Crippen molar-refractivity contribution in [3.63, 3.8) is 0 Å². The van der Waals surface area contributed by atoms with Crippen LogP contribution in [0.4, 0.5) is 0 Å². The number of hydrogen-bond acceptors (Lipinski definition) is 4. The van der Waals surface area contributed by atoms with E-state index in [1.54, 1.807) is 23.0 Å². The first kappa shape index (κ1) is 17.2. The molecule has 3 rings (SSSR count). The molecular weight excluding hydrogens is 318 g/mol. The van der Waals surface area contributed by atoms with Gasteiger partial charge in [0.1, 0.15) is 0 Å². The number of aryl methyl sites for hydroxylation is 1. The number of nitrogens with zero attached hydrogens (tertiary/aromatic N) is 2. The summed E-state index contributed by atoms with van der Waals surface area (Å²) in [4.78, 5) is 24.9. The van der Waals surface area contributed by atoms with Gasteiger partial charge in [-0.1, -0.05) is 39.0 Å². The molecule has 1 N–H and O–H groups in total. The minimum Gasteiger partial charge on any atom is -0.448 e. The highest BCUT2D eigenvalue weighted by Gasteiger charge is 2.35. The number of hydrogen-bond donors (Lipinski definition) is 1. The third-order valence-corrected chi connectivity index (χ3v) is 4.40. The van der Waals surface area contributed by atoms with Crippen LogP contribution in [-0.4, -0.2) is 27.8 Å². The van der Waals surface area contributed by atoms with E-state index in [1.807, 2.05) is 46.1 Å². The molecule has 1 aromatic heterocycles. The number of carbonyl (C=O) groups is 2. The van der Waals surface area contributed by atoms with E-state index in [9.17, 15) is 9.59 Å². The quantitative estimate of drug-likeness (QED) is 0.870. The molecular formula is C19H23N3O3. The summed E-state index contributed by atoms with van der Waals surface area (Å²) in [5.41, 5.74) is 2.08. The molecule has 6 nitrogen and oxygen atoms in total. The standard InChI is InChI=1S/C19H23N3O3/c1-19(2,3)16(13-10-20-22(4)11-13)21-17(23)15-9-12-7-5-6-8-14(12)18(24)25-15/h5-8,10-11,15-16H,9H2,1-4H3,(H,21,23)/t15-,16+/m1/s1. The molecule has 0 bridgehead atoms. The van der Waals surface area contributed by atoms with E-state index in [0.29, 0.717) is 12.0 Å². The molecule has 132 valence electrons. The maximum Gasteiger partial charge on any atom is 0.339 e. The molecule has 0 saturated heterocycles. The van der Waals surface area contributed by atoms with Crippen molar-refractivity contribution >= 4 is 11.9 Å². The van der Waals surface area contributed by atoms with Crippen molar-refractivity contribution in [2.45, 2.75) is 39.3 Å². The second-order valence-electron chi connectivity index (χ2n) is 7.51. The lowest BCUT2D eigenvalue weighted by molar-refractivity contribution is -0.131. The SMILES string of the molecule is Cn1cc([C@H](NC(=O)[C@H]2Cc3ccccc3C(=O)O2)C(C)(C)C)cn1. The van der Waals surface area contributed by atoms with E-state index in [2.05, 4.69) is 10.4 Å². The van der Waals surface area contributed by atoms with Crippen molar-refractivity contribution in [2.24, 2.45) is 12.5 Å². The Kier molecular flexibility index (Phi) is 4.37. The molecule has 0 aliphatic carbocycles. The fourth-order valence-corrected chi connectivity index (χ4v) is 3.10. The predicted octanol–water partition coefficient (Wildman–Crippen LogP) is 2.41. The second-order valence-corrected chi connectivity index (χ2v) is 7.51. The molecule has 1 aromatic carbocycles. The van der Waals surface area contributed by atoms with Crippen molar-refractivity contribution in [1.29, 1.82) is 0 Å². The van der Waals surface area contributed by atoms with Crippen molar-refractivity contribution < 1.29 is 14.3 Å². The van der Waals surface area contributed by atoms with Crippen molar-refractivity contribution in [1.82, 2.24) is 15.1 Å². The summed E-state index contributed by atoms with van der Waals surface area (Å²) in [5, 5.41) is 7.23. The van der Waals surface area contributed by atoms with Gasteiger partial charge in [-0.15, -0.1) is 0 Å². The Morgan fingerprint density at radius 3 is 2.72 bits per heavy atom. The van der Waals surface area contributed by atoms with Crippen LogP contribution in [0, 0.1) is 5.41 Å². The lowest BCUT2D eigenvalue weighted by Crippen LogP contribution is -2.45. The number of amides is 1. The summed E-state index contributed by atoms with van der Waals surface area (Å²) >= 11 is 0.